The van der Waals surface area contributed by atoms with Crippen LogP contribution in [0.4, 0.5) is 0 Å². The molecular formula is C14H17N3O. The first-order valence-corrected chi connectivity index (χ1v) is 6.71. The number of aryl methyl sites for hydroxylation is 2. The van der Waals surface area contributed by atoms with E-state index in [0.29, 0.717) is 0 Å². The Bertz CT molecular complexity index is 590. The molecule has 2 heterocycles. The number of aromatic amines is 1. The van der Waals surface area contributed by atoms with Gasteiger partial charge in [-0.3, -0.25) is 0 Å². The van der Waals surface area contributed by atoms with Gasteiger partial charge in [-0.15, -0.1) is 0 Å². The maximum Gasteiger partial charge on any atom is 0.127 e. The molecule has 3 N–H and O–H groups in total. The number of nitrogens with zero attached hydrogens (tertiary/aromatic N) is 1. The van der Waals surface area contributed by atoms with E-state index in [0.717, 1.165) is 48.5 Å². The summed E-state index contributed by atoms with van der Waals surface area (Å²) in [7, 11) is 0. The molecule has 4 nitrogen and oxygen atoms in total. The average Bonchev–Trinajstić information content (AvgIpc) is 3.05. The molecule has 2 aliphatic rings. The highest BCUT2D eigenvalue weighted by Crippen LogP contribution is 2.39. The fraction of sp³-hybridized carbons (Fsp3) is 0.500. The van der Waals surface area contributed by atoms with Crippen LogP contribution in [0.1, 0.15) is 43.0 Å². The summed E-state index contributed by atoms with van der Waals surface area (Å²) < 4.78 is 5.49. The molecular weight excluding hydrogens is 226 g/mol. The van der Waals surface area contributed by atoms with Crippen LogP contribution in [0.2, 0.25) is 0 Å². The van der Waals surface area contributed by atoms with Crippen molar-refractivity contribution in [2.75, 3.05) is 0 Å². The van der Waals surface area contributed by atoms with E-state index in [-0.39, 0.29) is 5.54 Å². The Hall–Kier alpha value is -1.55. The monoisotopic (exact) mass is 243 g/mol. The van der Waals surface area contributed by atoms with Crippen molar-refractivity contribution in [1.82, 2.24) is 9.97 Å². The van der Waals surface area contributed by atoms with Crippen LogP contribution in [0.3, 0.4) is 0 Å². The molecule has 4 heteroatoms. The highest BCUT2D eigenvalue weighted by atomic mass is 16.3. The van der Waals surface area contributed by atoms with Crippen LogP contribution in [0.5, 0.6) is 0 Å². The van der Waals surface area contributed by atoms with Gasteiger partial charge in [0.1, 0.15) is 11.6 Å². The molecule has 0 atom stereocenters. The van der Waals surface area contributed by atoms with Crippen molar-refractivity contribution >= 4 is 0 Å². The number of imidazole rings is 1. The van der Waals surface area contributed by atoms with E-state index in [9.17, 15) is 0 Å². The van der Waals surface area contributed by atoms with E-state index in [4.69, 9.17) is 15.1 Å². The second kappa shape index (κ2) is 3.48. The van der Waals surface area contributed by atoms with Crippen molar-refractivity contribution in [2.45, 2.75) is 44.1 Å². The fourth-order valence-corrected chi connectivity index (χ4v) is 3.28. The van der Waals surface area contributed by atoms with Gasteiger partial charge < -0.3 is 15.1 Å². The van der Waals surface area contributed by atoms with Crippen molar-refractivity contribution < 1.29 is 4.42 Å². The zero-order valence-electron chi connectivity index (χ0n) is 10.3. The number of rotatable bonds is 1. The topological polar surface area (TPSA) is 67.8 Å². The third-order valence-corrected chi connectivity index (χ3v) is 4.35. The molecule has 2 aromatic rings. The van der Waals surface area contributed by atoms with E-state index < -0.39 is 0 Å². The SMILES string of the molecule is NC1(c2nc3c([nH]2)CCc2occc2-3)CCCC1. The molecule has 0 saturated heterocycles. The van der Waals surface area contributed by atoms with Crippen molar-refractivity contribution in [1.29, 1.82) is 0 Å². The van der Waals surface area contributed by atoms with Crippen LogP contribution in [0, 0.1) is 0 Å². The molecule has 1 fully saturated rings. The van der Waals surface area contributed by atoms with Gasteiger partial charge in [0.15, 0.2) is 0 Å². The summed E-state index contributed by atoms with van der Waals surface area (Å²) in [4.78, 5) is 8.25. The number of furan rings is 1. The predicted molar refractivity (Wildman–Crippen MR) is 68.0 cm³/mol. The number of H-pyrrole nitrogens is 1. The summed E-state index contributed by atoms with van der Waals surface area (Å²) in [6, 6.07) is 2.01. The smallest absolute Gasteiger partial charge is 0.127 e. The van der Waals surface area contributed by atoms with Crippen LogP contribution in [-0.2, 0) is 18.4 Å². The minimum absolute atomic E-state index is 0.235. The van der Waals surface area contributed by atoms with E-state index in [1.54, 1.807) is 6.26 Å². The number of aromatic nitrogens is 2. The molecule has 94 valence electrons. The Morgan fingerprint density at radius 2 is 2.11 bits per heavy atom. The van der Waals surface area contributed by atoms with Crippen molar-refractivity contribution in [3.05, 3.63) is 29.6 Å². The first kappa shape index (κ1) is 10.4. The lowest BCUT2D eigenvalue weighted by Gasteiger charge is -2.20. The quantitative estimate of drug-likeness (QED) is 0.808. The Labute approximate surface area is 106 Å². The molecule has 0 aliphatic heterocycles. The molecule has 18 heavy (non-hydrogen) atoms. The second-order valence-corrected chi connectivity index (χ2v) is 5.53. The van der Waals surface area contributed by atoms with Gasteiger partial charge in [0.2, 0.25) is 0 Å². The standard InChI is InChI=1S/C14H17N3O/c15-14(6-1-2-7-14)13-16-10-3-4-11-9(5-8-18-11)12(10)17-13/h5,8H,1-4,6-7,15H2,(H,16,17). The Morgan fingerprint density at radius 3 is 2.94 bits per heavy atom. The number of fused-ring (bicyclic) bond motifs is 3. The van der Waals surface area contributed by atoms with E-state index in [1.807, 2.05) is 6.07 Å². The molecule has 1 saturated carbocycles. The lowest BCUT2D eigenvalue weighted by Crippen LogP contribution is -2.34. The van der Waals surface area contributed by atoms with Gasteiger partial charge in [0, 0.05) is 17.7 Å². The Balaban J connectivity index is 1.82. The Kier molecular flexibility index (Phi) is 2.01. The molecule has 0 bridgehead atoms. The minimum Gasteiger partial charge on any atom is -0.469 e. The largest absolute Gasteiger partial charge is 0.469 e. The fourth-order valence-electron chi connectivity index (χ4n) is 3.28. The first-order chi connectivity index (χ1) is 8.76. The molecule has 0 radical (unpaired) electrons. The number of hydrogen-bond donors (Lipinski definition) is 2. The van der Waals surface area contributed by atoms with Crippen LogP contribution in [0.15, 0.2) is 16.7 Å². The van der Waals surface area contributed by atoms with Gasteiger partial charge in [-0.25, -0.2) is 4.98 Å². The summed E-state index contributed by atoms with van der Waals surface area (Å²) in [5, 5.41) is 0. The maximum atomic E-state index is 6.47. The van der Waals surface area contributed by atoms with Gasteiger partial charge in [-0.2, -0.15) is 0 Å². The number of nitrogens with one attached hydrogen (secondary N) is 1. The van der Waals surface area contributed by atoms with Crippen LogP contribution < -0.4 is 5.73 Å². The lowest BCUT2D eigenvalue weighted by molar-refractivity contribution is 0.435. The van der Waals surface area contributed by atoms with E-state index >= 15 is 0 Å². The van der Waals surface area contributed by atoms with E-state index in [2.05, 4.69) is 4.98 Å². The molecule has 0 spiro atoms. The molecule has 2 aromatic heterocycles. The van der Waals surface area contributed by atoms with Crippen LogP contribution in [-0.4, -0.2) is 9.97 Å². The molecule has 4 rings (SSSR count). The summed E-state index contributed by atoms with van der Waals surface area (Å²) in [6.45, 7) is 0. The molecule has 2 aliphatic carbocycles. The predicted octanol–water partition coefficient (Wildman–Crippen LogP) is 2.50. The average molecular weight is 243 g/mol. The molecule has 0 aromatic carbocycles. The maximum absolute atomic E-state index is 6.47. The van der Waals surface area contributed by atoms with Crippen molar-refractivity contribution in [2.24, 2.45) is 5.73 Å². The zero-order chi connectivity index (χ0) is 12.2. The summed E-state index contributed by atoms with van der Waals surface area (Å²) in [6.07, 6.45) is 8.17. The van der Waals surface area contributed by atoms with Crippen molar-refractivity contribution in [3.63, 3.8) is 0 Å². The molecule has 0 unspecified atom stereocenters. The van der Waals surface area contributed by atoms with Crippen LogP contribution >= 0.6 is 0 Å². The number of hydrogen-bond acceptors (Lipinski definition) is 3. The third-order valence-electron chi connectivity index (χ3n) is 4.35. The first-order valence-electron chi connectivity index (χ1n) is 6.71. The Morgan fingerprint density at radius 1 is 1.28 bits per heavy atom. The summed E-state index contributed by atoms with van der Waals surface area (Å²) in [5.74, 6) is 2.03. The minimum atomic E-state index is -0.235. The second-order valence-electron chi connectivity index (χ2n) is 5.53. The lowest BCUT2D eigenvalue weighted by atomic mass is 9.99. The zero-order valence-corrected chi connectivity index (χ0v) is 10.3. The molecule has 0 amide bonds. The normalized spacial score (nSPS) is 20.7. The van der Waals surface area contributed by atoms with Crippen LogP contribution in [0.25, 0.3) is 11.3 Å². The van der Waals surface area contributed by atoms with Gasteiger partial charge in [0.25, 0.3) is 0 Å². The summed E-state index contributed by atoms with van der Waals surface area (Å²) >= 11 is 0. The van der Waals surface area contributed by atoms with Crippen molar-refractivity contribution in [3.8, 4) is 11.3 Å². The van der Waals surface area contributed by atoms with Gasteiger partial charge in [0.05, 0.1) is 17.5 Å². The van der Waals surface area contributed by atoms with Gasteiger partial charge in [-0.1, -0.05) is 12.8 Å². The van der Waals surface area contributed by atoms with Gasteiger partial charge in [-0.05, 0) is 25.3 Å². The summed E-state index contributed by atoms with van der Waals surface area (Å²) in [5.41, 5.74) is 9.65. The third kappa shape index (κ3) is 1.32. The number of nitrogens with two attached hydrogens (primary N) is 1. The van der Waals surface area contributed by atoms with Gasteiger partial charge >= 0.3 is 0 Å². The highest BCUT2D eigenvalue weighted by molar-refractivity contribution is 5.66. The van der Waals surface area contributed by atoms with E-state index in [1.165, 1.54) is 18.5 Å². The highest BCUT2D eigenvalue weighted by Gasteiger charge is 2.36.